The summed E-state index contributed by atoms with van der Waals surface area (Å²) in [5.74, 6) is 1.88. The molecule has 1 aliphatic carbocycles. The van der Waals surface area contributed by atoms with Crippen molar-refractivity contribution in [2.75, 3.05) is 7.05 Å². The summed E-state index contributed by atoms with van der Waals surface area (Å²) in [6.07, 6.45) is 8.01. The predicted octanol–water partition coefficient (Wildman–Crippen LogP) is 3.21. The number of rotatable bonds is 5. The van der Waals surface area contributed by atoms with Gasteiger partial charge in [0.25, 0.3) is 0 Å². The zero-order chi connectivity index (χ0) is 14.8. The summed E-state index contributed by atoms with van der Waals surface area (Å²) in [6.45, 7) is 9.12. The number of likely N-dealkylation sites (N-methyl/N-ethyl adjacent to an activating group) is 1. The molecule has 4 nitrogen and oxygen atoms in total. The molecule has 1 saturated carbocycles. The first kappa shape index (κ1) is 15.5. The summed E-state index contributed by atoms with van der Waals surface area (Å²) in [7, 11) is 2.08. The number of hydrogen-bond donors (Lipinski definition) is 1. The number of aromatic nitrogens is 3. The fourth-order valence-electron chi connectivity index (χ4n) is 3.38. The SMILES string of the molecule is CNC(Cc1ncnn1C(C)C)C1CCC(C)(C)CC1. The largest absolute Gasteiger partial charge is 0.316 e. The van der Waals surface area contributed by atoms with E-state index in [1.165, 1.54) is 25.7 Å². The highest BCUT2D eigenvalue weighted by Gasteiger charge is 2.31. The lowest BCUT2D eigenvalue weighted by Crippen LogP contribution is -2.39. The van der Waals surface area contributed by atoms with Crippen LogP contribution in [-0.4, -0.2) is 27.9 Å². The van der Waals surface area contributed by atoms with Gasteiger partial charge < -0.3 is 5.32 Å². The van der Waals surface area contributed by atoms with Crippen molar-refractivity contribution >= 4 is 0 Å². The molecule has 20 heavy (non-hydrogen) atoms. The molecular weight excluding hydrogens is 248 g/mol. The van der Waals surface area contributed by atoms with Gasteiger partial charge in [0.2, 0.25) is 0 Å². The van der Waals surface area contributed by atoms with Crippen molar-refractivity contribution in [2.24, 2.45) is 11.3 Å². The van der Waals surface area contributed by atoms with E-state index in [1.54, 1.807) is 6.33 Å². The van der Waals surface area contributed by atoms with Gasteiger partial charge in [-0.3, -0.25) is 0 Å². The summed E-state index contributed by atoms with van der Waals surface area (Å²) in [5.41, 5.74) is 0.534. The van der Waals surface area contributed by atoms with Gasteiger partial charge in [-0.1, -0.05) is 13.8 Å². The first-order chi connectivity index (χ1) is 9.43. The average Bonchev–Trinajstić information content (AvgIpc) is 2.84. The van der Waals surface area contributed by atoms with E-state index in [0.29, 0.717) is 17.5 Å². The van der Waals surface area contributed by atoms with Crippen molar-refractivity contribution in [3.05, 3.63) is 12.2 Å². The molecule has 1 unspecified atom stereocenters. The molecule has 1 heterocycles. The quantitative estimate of drug-likeness (QED) is 0.899. The van der Waals surface area contributed by atoms with E-state index in [1.807, 2.05) is 0 Å². The highest BCUT2D eigenvalue weighted by Crippen LogP contribution is 2.39. The minimum atomic E-state index is 0.385. The Kier molecular flexibility index (Phi) is 4.84. The van der Waals surface area contributed by atoms with Gasteiger partial charge in [0.05, 0.1) is 0 Å². The summed E-state index contributed by atoms with van der Waals surface area (Å²) in [6, 6.07) is 0.906. The molecular formula is C16H30N4. The molecule has 0 spiro atoms. The topological polar surface area (TPSA) is 42.7 Å². The molecule has 4 heteroatoms. The fraction of sp³-hybridized carbons (Fsp3) is 0.875. The van der Waals surface area contributed by atoms with Gasteiger partial charge in [-0.25, -0.2) is 9.67 Å². The van der Waals surface area contributed by atoms with Crippen molar-refractivity contribution in [1.29, 1.82) is 0 Å². The molecule has 114 valence electrons. The molecule has 1 fully saturated rings. The highest BCUT2D eigenvalue weighted by molar-refractivity contribution is 4.95. The van der Waals surface area contributed by atoms with Crippen LogP contribution in [-0.2, 0) is 6.42 Å². The van der Waals surface area contributed by atoms with Crippen LogP contribution in [0.1, 0.15) is 65.2 Å². The lowest BCUT2D eigenvalue weighted by molar-refractivity contribution is 0.162. The minimum absolute atomic E-state index is 0.385. The Bertz CT molecular complexity index is 412. The maximum atomic E-state index is 4.46. The maximum absolute atomic E-state index is 4.46. The molecule has 0 aliphatic heterocycles. The van der Waals surface area contributed by atoms with Crippen molar-refractivity contribution in [3.63, 3.8) is 0 Å². The van der Waals surface area contributed by atoms with Crippen LogP contribution in [0.2, 0.25) is 0 Å². The Morgan fingerprint density at radius 2 is 2.00 bits per heavy atom. The van der Waals surface area contributed by atoms with E-state index >= 15 is 0 Å². The van der Waals surface area contributed by atoms with E-state index in [4.69, 9.17) is 0 Å². The van der Waals surface area contributed by atoms with Crippen molar-refractivity contribution in [3.8, 4) is 0 Å². The third-order valence-electron chi connectivity index (χ3n) is 4.86. The molecule has 0 bridgehead atoms. The smallest absolute Gasteiger partial charge is 0.138 e. The van der Waals surface area contributed by atoms with E-state index in [9.17, 15) is 0 Å². The molecule has 0 amide bonds. The number of hydrogen-bond acceptors (Lipinski definition) is 3. The molecule has 1 aromatic heterocycles. The van der Waals surface area contributed by atoms with Gasteiger partial charge in [0.1, 0.15) is 12.2 Å². The van der Waals surface area contributed by atoms with Crippen molar-refractivity contribution in [1.82, 2.24) is 20.1 Å². The first-order valence-corrected chi connectivity index (χ1v) is 7.98. The Balaban J connectivity index is 2.01. The second-order valence-electron chi connectivity index (χ2n) is 7.32. The van der Waals surface area contributed by atoms with Crippen molar-refractivity contribution < 1.29 is 0 Å². The van der Waals surface area contributed by atoms with Gasteiger partial charge in [-0.2, -0.15) is 5.10 Å². The van der Waals surface area contributed by atoms with Crippen LogP contribution in [0, 0.1) is 11.3 Å². The number of nitrogens with zero attached hydrogens (tertiary/aromatic N) is 3. The maximum Gasteiger partial charge on any atom is 0.138 e. The molecule has 1 aliphatic rings. The lowest BCUT2D eigenvalue weighted by atomic mass is 9.70. The number of nitrogens with one attached hydrogen (secondary N) is 1. The Hall–Kier alpha value is -0.900. The summed E-state index contributed by atoms with van der Waals surface area (Å²) in [5, 5.41) is 7.87. The normalized spacial score (nSPS) is 21.3. The van der Waals surface area contributed by atoms with Crippen LogP contribution in [0.15, 0.2) is 6.33 Å². The molecule has 1 aromatic rings. The molecule has 0 saturated heterocycles. The predicted molar refractivity (Wildman–Crippen MR) is 82.7 cm³/mol. The molecule has 1 atom stereocenters. The van der Waals surface area contributed by atoms with Crippen LogP contribution in [0.5, 0.6) is 0 Å². The standard InChI is InChI=1S/C16H30N4/c1-12(2)20-15(18-11-19-20)10-14(17-5)13-6-8-16(3,4)9-7-13/h11-14,17H,6-10H2,1-5H3. The zero-order valence-corrected chi connectivity index (χ0v) is 13.7. The summed E-state index contributed by atoms with van der Waals surface area (Å²) in [4.78, 5) is 4.46. The monoisotopic (exact) mass is 278 g/mol. The lowest BCUT2D eigenvalue weighted by Gasteiger charge is -2.38. The van der Waals surface area contributed by atoms with Crippen LogP contribution in [0.25, 0.3) is 0 Å². The molecule has 2 rings (SSSR count). The van der Waals surface area contributed by atoms with Gasteiger partial charge >= 0.3 is 0 Å². The minimum Gasteiger partial charge on any atom is -0.316 e. The first-order valence-electron chi connectivity index (χ1n) is 7.98. The average molecular weight is 278 g/mol. The summed E-state index contributed by atoms with van der Waals surface area (Å²) < 4.78 is 2.05. The zero-order valence-electron chi connectivity index (χ0n) is 13.7. The molecule has 0 aromatic carbocycles. The Morgan fingerprint density at radius 1 is 1.35 bits per heavy atom. The van der Waals surface area contributed by atoms with Gasteiger partial charge in [0, 0.05) is 18.5 Å². The highest BCUT2D eigenvalue weighted by atomic mass is 15.3. The second-order valence-corrected chi connectivity index (χ2v) is 7.32. The molecule has 0 radical (unpaired) electrons. The second kappa shape index (κ2) is 6.25. The van der Waals surface area contributed by atoms with Gasteiger partial charge in [-0.15, -0.1) is 0 Å². The third-order valence-corrected chi connectivity index (χ3v) is 4.86. The molecule has 1 N–H and O–H groups in total. The van der Waals surface area contributed by atoms with E-state index in [-0.39, 0.29) is 0 Å². The Morgan fingerprint density at radius 3 is 2.55 bits per heavy atom. The van der Waals surface area contributed by atoms with Crippen molar-refractivity contribution in [2.45, 2.75) is 71.9 Å². The summed E-state index contributed by atoms with van der Waals surface area (Å²) >= 11 is 0. The van der Waals surface area contributed by atoms with E-state index in [2.05, 4.69) is 54.8 Å². The Labute approximate surface area is 123 Å². The van der Waals surface area contributed by atoms with E-state index < -0.39 is 0 Å². The fourth-order valence-corrected chi connectivity index (χ4v) is 3.38. The van der Waals surface area contributed by atoms with Crippen LogP contribution in [0.4, 0.5) is 0 Å². The van der Waals surface area contributed by atoms with Crippen LogP contribution >= 0.6 is 0 Å². The van der Waals surface area contributed by atoms with Crippen LogP contribution in [0.3, 0.4) is 0 Å². The third kappa shape index (κ3) is 3.60. The van der Waals surface area contributed by atoms with Gasteiger partial charge in [-0.05, 0) is 57.9 Å². The van der Waals surface area contributed by atoms with E-state index in [0.717, 1.165) is 18.2 Å². The van der Waals surface area contributed by atoms with Crippen LogP contribution < -0.4 is 5.32 Å². The van der Waals surface area contributed by atoms with Gasteiger partial charge in [0.15, 0.2) is 0 Å².